The number of nitrogens with zero attached hydrogens (tertiary/aromatic N) is 4. The lowest BCUT2D eigenvalue weighted by Gasteiger charge is -2.24. The number of likely N-dealkylation sites (N-methyl/N-ethyl adjacent to an activating group) is 1. The Kier molecular flexibility index (Phi) is 8.89. The van der Waals surface area contributed by atoms with E-state index in [2.05, 4.69) is 24.6 Å². The van der Waals surface area contributed by atoms with Crippen LogP contribution in [0.15, 0.2) is 42.9 Å². The van der Waals surface area contributed by atoms with Crippen molar-refractivity contribution in [2.45, 2.75) is 13.0 Å². The van der Waals surface area contributed by atoms with Gasteiger partial charge in [0.1, 0.15) is 5.75 Å². The average Bonchev–Trinajstić information content (AvgIpc) is 3.46. The zero-order chi connectivity index (χ0) is 23.8. The van der Waals surface area contributed by atoms with E-state index in [9.17, 15) is 4.79 Å². The number of nitrogens with one attached hydrogen (secondary N) is 1. The molecule has 4 heterocycles. The minimum Gasteiger partial charge on any atom is -0.493 e. The summed E-state index contributed by atoms with van der Waals surface area (Å²) in [6.07, 6.45) is 6.00. The second-order valence-electron chi connectivity index (χ2n) is 8.77. The van der Waals surface area contributed by atoms with Crippen molar-refractivity contribution in [3.63, 3.8) is 0 Å². The normalized spacial score (nSPS) is 14.5. The van der Waals surface area contributed by atoms with Gasteiger partial charge < -0.3 is 18.9 Å². The summed E-state index contributed by atoms with van der Waals surface area (Å²) in [7, 11) is 5.65. The number of aromatic nitrogens is 4. The standard InChI is InChI=1S/C25H26ClN5O3.2ClH/c1-30(2)6-7-31-13-20(24(32)16-8-15-9-17(26)4-5-23(15)34-14-16)18-11-27-21(10-22(18)31)19-12-28-29-25(19)33-3;;/h4-5,9-13,16H,6-8,14H2,1-3H3,(H,28,29);2*1H. The van der Waals surface area contributed by atoms with E-state index < -0.39 is 0 Å². The number of aromatic amines is 1. The van der Waals surface area contributed by atoms with Gasteiger partial charge in [-0.05, 0) is 50.3 Å². The first-order valence-electron chi connectivity index (χ1n) is 11.1. The molecule has 0 saturated heterocycles. The first-order chi connectivity index (χ1) is 16.4. The molecule has 1 N–H and O–H groups in total. The number of ether oxygens (including phenoxy) is 2. The second kappa shape index (κ2) is 11.5. The lowest BCUT2D eigenvalue weighted by Crippen LogP contribution is -2.28. The molecule has 0 fully saturated rings. The Hall–Kier alpha value is -2.78. The lowest BCUT2D eigenvalue weighted by molar-refractivity contribution is 0.0856. The number of carbonyl (C=O) groups is 1. The van der Waals surface area contributed by atoms with Crippen LogP contribution in [0.4, 0.5) is 0 Å². The Morgan fingerprint density at radius 2 is 2.08 bits per heavy atom. The number of halogens is 3. The molecular formula is C25H28Cl3N5O3. The van der Waals surface area contributed by atoms with Crippen molar-refractivity contribution in [3.05, 3.63) is 59.0 Å². The van der Waals surface area contributed by atoms with Gasteiger partial charge in [-0.25, -0.2) is 5.10 Å². The summed E-state index contributed by atoms with van der Waals surface area (Å²) < 4.78 is 13.4. The maximum Gasteiger partial charge on any atom is 0.218 e. The number of ketones is 1. The largest absolute Gasteiger partial charge is 0.493 e. The first-order valence-corrected chi connectivity index (χ1v) is 11.5. The number of fused-ring (bicyclic) bond motifs is 2. The monoisotopic (exact) mass is 551 g/mol. The fourth-order valence-corrected chi connectivity index (χ4v) is 4.58. The van der Waals surface area contributed by atoms with Crippen LogP contribution in [0.3, 0.4) is 0 Å². The third kappa shape index (κ3) is 5.32. The molecule has 36 heavy (non-hydrogen) atoms. The van der Waals surface area contributed by atoms with Crippen LogP contribution in [-0.4, -0.2) is 64.8 Å². The van der Waals surface area contributed by atoms with Crippen LogP contribution in [-0.2, 0) is 13.0 Å². The molecule has 1 unspecified atom stereocenters. The number of pyridine rings is 1. The minimum absolute atomic E-state index is 0. The molecule has 0 amide bonds. The van der Waals surface area contributed by atoms with Crippen molar-refractivity contribution >= 4 is 53.1 Å². The molecule has 1 atom stereocenters. The Labute approximate surface area is 226 Å². The van der Waals surface area contributed by atoms with Crippen molar-refractivity contribution in [1.29, 1.82) is 0 Å². The van der Waals surface area contributed by atoms with Crippen molar-refractivity contribution in [2.24, 2.45) is 5.92 Å². The predicted octanol–water partition coefficient (Wildman–Crippen LogP) is 4.93. The summed E-state index contributed by atoms with van der Waals surface area (Å²) in [6.45, 7) is 1.92. The smallest absolute Gasteiger partial charge is 0.218 e. The number of Topliss-reactive ketones (excluding diaryl/α,β-unsaturated/α-hetero) is 1. The third-order valence-corrected chi connectivity index (χ3v) is 6.44. The molecule has 0 spiro atoms. The fraction of sp³-hybridized carbons (Fsp3) is 0.320. The van der Waals surface area contributed by atoms with E-state index in [1.807, 2.05) is 38.5 Å². The van der Waals surface area contributed by atoms with Gasteiger partial charge in [-0.15, -0.1) is 24.8 Å². The van der Waals surface area contributed by atoms with Gasteiger partial charge in [-0.2, -0.15) is 5.10 Å². The lowest BCUT2D eigenvalue weighted by atomic mass is 9.90. The summed E-state index contributed by atoms with van der Waals surface area (Å²) in [4.78, 5) is 20.4. The van der Waals surface area contributed by atoms with Crippen LogP contribution < -0.4 is 9.47 Å². The molecule has 0 saturated carbocycles. The Morgan fingerprint density at radius 1 is 1.28 bits per heavy atom. The molecule has 11 heteroatoms. The maximum atomic E-state index is 13.7. The van der Waals surface area contributed by atoms with Gasteiger partial charge in [0.15, 0.2) is 5.78 Å². The van der Waals surface area contributed by atoms with E-state index >= 15 is 0 Å². The van der Waals surface area contributed by atoms with Crippen LogP contribution in [0.2, 0.25) is 5.02 Å². The van der Waals surface area contributed by atoms with E-state index in [0.717, 1.165) is 46.6 Å². The zero-order valence-electron chi connectivity index (χ0n) is 20.2. The minimum atomic E-state index is -0.285. The van der Waals surface area contributed by atoms with Crippen molar-refractivity contribution in [2.75, 3.05) is 34.4 Å². The average molecular weight is 553 g/mol. The SMILES string of the molecule is COc1[nH]ncc1-c1cc2c(cn1)c(C(=O)C1COc3ccc(Cl)cc3C1)cn2CCN(C)C.Cl.Cl. The Morgan fingerprint density at radius 3 is 2.83 bits per heavy atom. The van der Waals surface area contributed by atoms with E-state index in [4.69, 9.17) is 21.1 Å². The summed E-state index contributed by atoms with van der Waals surface area (Å²) in [5, 5.41) is 8.37. The quantitative estimate of drug-likeness (QED) is 0.327. The number of methoxy groups -OCH3 is 1. The summed E-state index contributed by atoms with van der Waals surface area (Å²) in [5.74, 6) is 1.11. The van der Waals surface area contributed by atoms with Gasteiger partial charge in [0.25, 0.3) is 0 Å². The first kappa shape index (κ1) is 27.8. The van der Waals surface area contributed by atoms with Gasteiger partial charge in [0, 0.05) is 41.5 Å². The molecule has 1 aliphatic heterocycles. The highest BCUT2D eigenvalue weighted by Gasteiger charge is 2.29. The number of H-pyrrole nitrogens is 1. The number of rotatable bonds is 7. The Bertz CT molecular complexity index is 1370. The van der Waals surface area contributed by atoms with Crippen molar-refractivity contribution in [3.8, 4) is 22.9 Å². The van der Waals surface area contributed by atoms with Gasteiger partial charge >= 0.3 is 0 Å². The van der Waals surface area contributed by atoms with E-state index in [1.54, 1.807) is 25.6 Å². The molecule has 3 aromatic heterocycles. The summed E-state index contributed by atoms with van der Waals surface area (Å²) in [5.41, 5.74) is 4.06. The third-order valence-electron chi connectivity index (χ3n) is 6.20. The van der Waals surface area contributed by atoms with E-state index in [-0.39, 0.29) is 36.5 Å². The number of carbonyl (C=O) groups excluding carboxylic acids is 1. The van der Waals surface area contributed by atoms with E-state index in [1.165, 1.54) is 0 Å². The zero-order valence-corrected chi connectivity index (χ0v) is 22.5. The Balaban J connectivity index is 0.00000180. The molecule has 0 aliphatic carbocycles. The summed E-state index contributed by atoms with van der Waals surface area (Å²) >= 11 is 6.17. The summed E-state index contributed by atoms with van der Waals surface area (Å²) in [6, 6.07) is 7.53. The van der Waals surface area contributed by atoms with Crippen molar-refractivity contribution < 1.29 is 14.3 Å². The highest BCUT2D eigenvalue weighted by Crippen LogP contribution is 2.34. The molecule has 0 radical (unpaired) electrons. The molecule has 8 nitrogen and oxygen atoms in total. The topological polar surface area (TPSA) is 85.3 Å². The van der Waals surface area contributed by atoms with Gasteiger partial charge in [0.05, 0.1) is 42.6 Å². The second-order valence-corrected chi connectivity index (χ2v) is 9.21. The number of hydrogen-bond donors (Lipinski definition) is 1. The molecule has 1 aromatic carbocycles. The molecule has 5 rings (SSSR count). The van der Waals surface area contributed by atoms with Crippen LogP contribution in [0.1, 0.15) is 15.9 Å². The number of benzene rings is 1. The van der Waals surface area contributed by atoms with Gasteiger partial charge in [-0.1, -0.05) is 11.6 Å². The van der Waals surface area contributed by atoms with E-state index in [0.29, 0.717) is 29.5 Å². The maximum absolute atomic E-state index is 13.7. The predicted molar refractivity (Wildman–Crippen MR) is 145 cm³/mol. The van der Waals surface area contributed by atoms with Gasteiger partial charge in [-0.3, -0.25) is 9.78 Å². The fourth-order valence-electron chi connectivity index (χ4n) is 4.38. The highest BCUT2D eigenvalue weighted by atomic mass is 35.5. The number of hydrogen-bond acceptors (Lipinski definition) is 6. The van der Waals surface area contributed by atoms with Gasteiger partial charge in [0.2, 0.25) is 5.88 Å². The van der Waals surface area contributed by atoms with Crippen LogP contribution >= 0.6 is 36.4 Å². The van der Waals surface area contributed by atoms with Crippen LogP contribution in [0.5, 0.6) is 11.6 Å². The molecular weight excluding hydrogens is 525 g/mol. The van der Waals surface area contributed by atoms with Crippen LogP contribution in [0, 0.1) is 5.92 Å². The van der Waals surface area contributed by atoms with Crippen LogP contribution in [0.25, 0.3) is 22.2 Å². The van der Waals surface area contributed by atoms with Crippen molar-refractivity contribution in [1.82, 2.24) is 24.6 Å². The molecule has 1 aliphatic rings. The highest BCUT2D eigenvalue weighted by molar-refractivity contribution is 6.30. The molecule has 4 aromatic rings. The molecule has 192 valence electrons. The molecule has 0 bridgehead atoms.